The minimum Gasteiger partial charge on any atom is -0.380 e. The zero-order chi connectivity index (χ0) is 10.9. The lowest BCUT2D eigenvalue weighted by Gasteiger charge is -2.50. The summed E-state index contributed by atoms with van der Waals surface area (Å²) < 4.78 is 5.49. The molecule has 0 aromatic heterocycles. The smallest absolute Gasteiger partial charge is 0.0550 e. The maximum absolute atomic E-state index is 5.68. The Hall–Kier alpha value is -0.120. The SMILES string of the molecule is CC(CCN)C1(C2CCN(C)C2)COC1. The monoisotopic (exact) mass is 212 g/mol. The number of rotatable bonds is 4. The van der Waals surface area contributed by atoms with Crippen LogP contribution in [-0.4, -0.2) is 44.8 Å². The molecule has 2 N–H and O–H groups in total. The standard InChI is InChI=1S/C12H24N2O/c1-10(3-5-13)12(8-15-9-12)11-4-6-14(2)7-11/h10-11H,3-9,13H2,1-2H3. The number of hydrogen-bond acceptors (Lipinski definition) is 3. The molecular formula is C12H24N2O. The van der Waals surface area contributed by atoms with Gasteiger partial charge in [0.15, 0.2) is 0 Å². The molecule has 3 nitrogen and oxygen atoms in total. The first-order valence-corrected chi connectivity index (χ1v) is 6.15. The van der Waals surface area contributed by atoms with E-state index in [0.717, 1.165) is 32.1 Å². The summed E-state index contributed by atoms with van der Waals surface area (Å²) in [6, 6.07) is 0. The van der Waals surface area contributed by atoms with E-state index in [9.17, 15) is 0 Å². The first kappa shape index (κ1) is 11.4. The second-order valence-electron chi connectivity index (χ2n) is 5.45. The summed E-state index contributed by atoms with van der Waals surface area (Å²) in [5.41, 5.74) is 6.13. The lowest BCUT2D eigenvalue weighted by atomic mass is 9.64. The molecule has 0 aromatic carbocycles. The maximum Gasteiger partial charge on any atom is 0.0550 e. The summed E-state index contributed by atoms with van der Waals surface area (Å²) in [6.45, 7) is 7.60. The van der Waals surface area contributed by atoms with Crippen molar-refractivity contribution in [2.75, 3.05) is 39.9 Å². The highest BCUT2D eigenvalue weighted by molar-refractivity contribution is 4.98. The predicted molar refractivity (Wildman–Crippen MR) is 61.7 cm³/mol. The van der Waals surface area contributed by atoms with Crippen LogP contribution in [0.4, 0.5) is 0 Å². The summed E-state index contributed by atoms with van der Waals surface area (Å²) in [6.07, 6.45) is 2.48. The van der Waals surface area contributed by atoms with E-state index in [-0.39, 0.29) is 0 Å². The third-order valence-corrected chi connectivity index (χ3v) is 4.53. The molecular weight excluding hydrogens is 188 g/mol. The molecule has 0 aliphatic carbocycles. The summed E-state index contributed by atoms with van der Waals surface area (Å²) in [4.78, 5) is 2.44. The van der Waals surface area contributed by atoms with Crippen molar-refractivity contribution in [2.45, 2.75) is 19.8 Å². The second-order valence-corrected chi connectivity index (χ2v) is 5.45. The Morgan fingerprint density at radius 3 is 2.67 bits per heavy atom. The normalized spacial score (nSPS) is 32.6. The molecule has 0 radical (unpaired) electrons. The molecule has 2 fully saturated rings. The van der Waals surface area contributed by atoms with Crippen LogP contribution in [0.1, 0.15) is 19.8 Å². The zero-order valence-corrected chi connectivity index (χ0v) is 10.0. The molecule has 2 aliphatic rings. The van der Waals surface area contributed by atoms with E-state index < -0.39 is 0 Å². The molecule has 2 atom stereocenters. The first-order chi connectivity index (χ1) is 7.19. The summed E-state index contributed by atoms with van der Waals surface area (Å²) in [5, 5.41) is 0. The van der Waals surface area contributed by atoms with Crippen molar-refractivity contribution < 1.29 is 4.74 Å². The maximum atomic E-state index is 5.68. The molecule has 2 heterocycles. The number of hydrogen-bond donors (Lipinski definition) is 1. The molecule has 15 heavy (non-hydrogen) atoms. The molecule has 2 unspecified atom stereocenters. The van der Waals surface area contributed by atoms with Crippen LogP contribution in [0.25, 0.3) is 0 Å². The fourth-order valence-electron chi connectivity index (χ4n) is 3.20. The Balaban J connectivity index is 2.01. The minimum atomic E-state index is 0.449. The number of likely N-dealkylation sites (tertiary alicyclic amines) is 1. The van der Waals surface area contributed by atoms with Gasteiger partial charge in [0.1, 0.15) is 0 Å². The molecule has 0 aromatic rings. The molecule has 88 valence electrons. The van der Waals surface area contributed by atoms with Crippen molar-refractivity contribution in [1.29, 1.82) is 0 Å². The van der Waals surface area contributed by atoms with E-state index in [1.54, 1.807) is 0 Å². The van der Waals surface area contributed by atoms with Crippen molar-refractivity contribution in [3.05, 3.63) is 0 Å². The van der Waals surface area contributed by atoms with Crippen LogP contribution in [0.5, 0.6) is 0 Å². The van der Waals surface area contributed by atoms with Gasteiger partial charge in [-0.3, -0.25) is 0 Å². The third kappa shape index (κ3) is 1.93. The van der Waals surface area contributed by atoms with Crippen LogP contribution < -0.4 is 5.73 Å². The van der Waals surface area contributed by atoms with Crippen LogP contribution >= 0.6 is 0 Å². The Kier molecular flexibility index (Phi) is 3.33. The minimum absolute atomic E-state index is 0.449. The fourth-order valence-corrected chi connectivity index (χ4v) is 3.20. The molecule has 0 saturated carbocycles. The molecule has 0 amide bonds. The molecule has 3 heteroatoms. The van der Waals surface area contributed by atoms with Crippen LogP contribution in [0, 0.1) is 17.3 Å². The van der Waals surface area contributed by atoms with Crippen molar-refractivity contribution in [3.8, 4) is 0 Å². The Bertz CT molecular complexity index is 216. The van der Waals surface area contributed by atoms with Gasteiger partial charge in [0.25, 0.3) is 0 Å². The topological polar surface area (TPSA) is 38.5 Å². The highest BCUT2D eigenvalue weighted by Gasteiger charge is 2.50. The van der Waals surface area contributed by atoms with E-state index >= 15 is 0 Å². The first-order valence-electron chi connectivity index (χ1n) is 6.15. The van der Waals surface area contributed by atoms with Crippen LogP contribution in [0.3, 0.4) is 0 Å². The van der Waals surface area contributed by atoms with Gasteiger partial charge in [0.2, 0.25) is 0 Å². The van der Waals surface area contributed by atoms with Crippen LogP contribution in [-0.2, 0) is 4.74 Å². The number of nitrogens with two attached hydrogens (primary N) is 1. The quantitative estimate of drug-likeness (QED) is 0.754. The molecule has 2 aliphatic heterocycles. The average molecular weight is 212 g/mol. The number of nitrogens with zero attached hydrogens (tertiary/aromatic N) is 1. The van der Waals surface area contributed by atoms with E-state index in [0.29, 0.717) is 11.3 Å². The highest BCUT2D eigenvalue weighted by atomic mass is 16.5. The Morgan fingerprint density at radius 2 is 2.27 bits per heavy atom. The van der Waals surface area contributed by atoms with Gasteiger partial charge in [-0.15, -0.1) is 0 Å². The molecule has 0 bridgehead atoms. The lowest BCUT2D eigenvalue weighted by molar-refractivity contribution is -0.173. The summed E-state index contributed by atoms with van der Waals surface area (Å²) in [7, 11) is 2.22. The average Bonchev–Trinajstić information content (AvgIpc) is 2.51. The number of ether oxygens (including phenoxy) is 1. The summed E-state index contributed by atoms with van der Waals surface area (Å²) >= 11 is 0. The van der Waals surface area contributed by atoms with Gasteiger partial charge in [-0.1, -0.05) is 6.92 Å². The molecule has 2 rings (SSSR count). The van der Waals surface area contributed by atoms with E-state index in [4.69, 9.17) is 10.5 Å². The van der Waals surface area contributed by atoms with Gasteiger partial charge < -0.3 is 15.4 Å². The third-order valence-electron chi connectivity index (χ3n) is 4.53. The van der Waals surface area contributed by atoms with Gasteiger partial charge in [0.05, 0.1) is 13.2 Å². The van der Waals surface area contributed by atoms with Crippen molar-refractivity contribution >= 4 is 0 Å². The molecule has 2 saturated heterocycles. The zero-order valence-electron chi connectivity index (χ0n) is 10.0. The fraction of sp³-hybridized carbons (Fsp3) is 1.00. The van der Waals surface area contributed by atoms with Crippen molar-refractivity contribution in [3.63, 3.8) is 0 Å². The van der Waals surface area contributed by atoms with Crippen LogP contribution in [0.15, 0.2) is 0 Å². The highest BCUT2D eigenvalue weighted by Crippen LogP contribution is 2.47. The van der Waals surface area contributed by atoms with Crippen LogP contribution in [0.2, 0.25) is 0 Å². The van der Waals surface area contributed by atoms with Gasteiger partial charge in [0, 0.05) is 12.0 Å². The second kappa shape index (κ2) is 4.40. The van der Waals surface area contributed by atoms with E-state index in [1.165, 1.54) is 19.5 Å². The summed E-state index contributed by atoms with van der Waals surface area (Å²) in [5.74, 6) is 1.55. The van der Waals surface area contributed by atoms with Gasteiger partial charge in [-0.25, -0.2) is 0 Å². The van der Waals surface area contributed by atoms with Gasteiger partial charge in [-0.2, -0.15) is 0 Å². The Morgan fingerprint density at radius 1 is 1.53 bits per heavy atom. The Labute approximate surface area is 93.0 Å². The van der Waals surface area contributed by atoms with Gasteiger partial charge in [-0.05, 0) is 44.8 Å². The van der Waals surface area contributed by atoms with Crippen molar-refractivity contribution in [2.24, 2.45) is 23.0 Å². The largest absolute Gasteiger partial charge is 0.380 e. The van der Waals surface area contributed by atoms with E-state index in [1.807, 2.05) is 0 Å². The predicted octanol–water partition coefficient (Wildman–Crippen LogP) is 0.940. The van der Waals surface area contributed by atoms with E-state index in [2.05, 4.69) is 18.9 Å². The molecule has 0 spiro atoms. The van der Waals surface area contributed by atoms with Gasteiger partial charge >= 0.3 is 0 Å². The van der Waals surface area contributed by atoms with Crippen molar-refractivity contribution in [1.82, 2.24) is 4.90 Å². The lowest BCUT2D eigenvalue weighted by Crippen LogP contribution is -2.53.